The molecule has 1 aliphatic rings. The van der Waals surface area contributed by atoms with Crippen LogP contribution >= 0.6 is 0 Å². The third kappa shape index (κ3) is 5.98. The van der Waals surface area contributed by atoms with E-state index < -0.39 is 48.9 Å². The first kappa shape index (κ1) is 16.7. The molecule has 22 heavy (non-hydrogen) atoms. The first-order valence-corrected chi connectivity index (χ1v) is 6.93. The average molecular weight is 319 g/mol. The van der Waals surface area contributed by atoms with Crippen molar-refractivity contribution in [3.8, 4) is 0 Å². The van der Waals surface area contributed by atoms with E-state index in [-0.39, 0.29) is 13.2 Å². The molecule has 0 bridgehead atoms. The van der Waals surface area contributed by atoms with Crippen LogP contribution in [0.4, 0.5) is 0 Å². The highest BCUT2D eigenvalue weighted by Crippen LogP contribution is 2.26. The molecule has 5 atom stereocenters. The number of hydrogen-bond acceptors (Lipinski definition) is 8. The second-order valence-corrected chi connectivity index (χ2v) is 4.64. The van der Waals surface area contributed by atoms with Crippen LogP contribution in [0.3, 0.4) is 0 Å². The van der Waals surface area contributed by atoms with Crippen LogP contribution in [0.2, 0.25) is 0 Å². The van der Waals surface area contributed by atoms with Crippen LogP contribution < -0.4 is 0 Å². The van der Waals surface area contributed by atoms with Gasteiger partial charge in [-0.15, -0.1) is 0 Å². The Morgan fingerprint density at radius 3 is 2.27 bits per heavy atom. The van der Waals surface area contributed by atoms with Gasteiger partial charge in [-0.3, -0.25) is 14.4 Å². The minimum Gasteiger partial charge on any atom is -0.463 e. The molecule has 0 N–H and O–H groups in total. The summed E-state index contributed by atoms with van der Waals surface area (Å²) in [5, 5.41) is 0. The van der Waals surface area contributed by atoms with Crippen molar-refractivity contribution in [1.29, 1.82) is 0 Å². The van der Waals surface area contributed by atoms with Gasteiger partial charge in [-0.2, -0.15) is 0 Å². The van der Waals surface area contributed by atoms with E-state index in [1.807, 2.05) is 0 Å². The minimum absolute atomic E-state index is 0.221. The van der Waals surface area contributed by atoms with Crippen LogP contribution in [0, 0.1) is 0 Å². The zero-order valence-corrected chi connectivity index (χ0v) is 13.1. The van der Waals surface area contributed by atoms with E-state index >= 15 is 0 Å². The molecule has 0 spiro atoms. The van der Waals surface area contributed by atoms with Crippen molar-refractivity contribution >= 4 is 17.9 Å². The second kappa shape index (κ2) is 8.70. The highest BCUT2D eigenvalue weighted by molar-refractivity contribution is 5.67. The maximum atomic E-state index is 11.3. The Bertz CT molecular complexity index is 440. The smallest absolute Gasteiger partial charge is 0.303 e. The topological polar surface area (TPSA) is 97.4 Å². The molecule has 0 amide bonds. The van der Waals surface area contributed by atoms with E-state index in [1.165, 1.54) is 20.8 Å². The Labute approximate surface area is 130 Å². The molecule has 1 heterocycles. The van der Waals surface area contributed by atoms with Crippen molar-refractivity contribution in [2.75, 3.05) is 13.2 Å². The van der Waals surface area contributed by atoms with Gasteiger partial charge in [0.2, 0.25) is 0 Å². The largest absolute Gasteiger partial charge is 0.463 e. The van der Waals surface area contributed by atoms with Crippen molar-refractivity contribution < 1.29 is 39.4 Å². The van der Waals surface area contributed by atoms with Crippen molar-refractivity contribution in [1.82, 2.24) is 0 Å². The molecule has 8 nitrogen and oxygen atoms in total. The molecule has 0 unspecified atom stereocenters. The van der Waals surface area contributed by atoms with Crippen molar-refractivity contribution in [2.45, 2.75) is 58.7 Å². The molecule has 126 valence electrons. The molecule has 1 fully saturated rings. The van der Waals surface area contributed by atoms with Crippen LogP contribution in [0.1, 0.15) is 35.5 Å². The first-order chi connectivity index (χ1) is 10.8. The SMILES string of the molecule is [2H][C@H]1[C@H](OCC)O[C@H](COC(C)=O)[C@@H](OC(C)=O)[C@@H]1OC(C)=O. The van der Waals surface area contributed by atoms with Crippen LogP contribution in [0.5, 0.6) is 0 Å². The quantitative estimate of drug-likeness (QED) is 0.517. The number of rotatable bonds is 6. The lowest BCUT2D eigenvalue weighted by molar-refractivity contribution is -0.265. The van der Waals surface area contributed by atoms with Gasteiger partial charge < -0.3 is 23.7 Å². The minimum atomic E-state index is -1.11. The standard InChI is InChI=1S/C14H22O8/c1-5-18-13-6-11(20-9(3)16)14(21-10(4)17)12(22-13)7-19-8(2)15/h11-14H,5-7H2,1-4H3/t11-,12-,13-,14+/m1/s1/i6D/t6-,11-,12-,13-,14+. The van der Waals surface area contributed by atoms with E-state index in [1.54, 1.807) is 6.92 Å². The Morgan fingerprint density at radius 1 is 1.14 bits per heavy atom. The van der Waals surface area contributed by atoms with Crippen LogP contribution in [-0.4, -0.2) is 55.7 Å². The number of esters is 3. The summed E-state index contributed by atoms with van der Waals surface area (Å²) in [7, 11) is 0. The Balaban J connectivity index is 3.02. The fraction of sp³-hybridized carbons (Fsp3) is 0.786. The number of carbonyl (C=O) groups excluding carboxylic acids is 3. The highest BCUT2D eigenvalue weighted by Gasteiger charge is 2.43. The normalized spacial score (nSPS) is 31.8. The van der Waals surface area contributed by atoms with Crippen LogP contribution in [0.15, 0.2) is 0 Å². The predicted octanol–water partition coefficient (Wildman–Crippen LogP) is 0.564. The van der Waals surface area contributed by atoms with E-state index in [0.717, 1.165) is 0 Å². The van der Waals surface area contributed by atoms with Crippen molar-refractivity contribution in [3.05, 3.63) is 0 Å². The molecule has 0 aromatic rings. The zero-order chi connectivity index (χ0) is 17.6. The van der Waals surface area contributed by atoms with Gasteiger partial charge >= 0.3 is 17.9 Å². The maximum Gasteiger partial charge on any atom is 0.303 e. The molecule has 0 radical (unpaired) electrons. The van der Waals surface area contributed by atoms with Gasteiger partial charge in [0.15, 0.2) is 12.4 Å². The molecule has 0 saturated carbocycles. The van der Waals surface area contributed by atoms with Gasteiger partial charge in [0, 0.05) is 35.1 Å². The fourth-order valence-corrected chi connectivity index (χ4v) is 2.00. The number of hydrogen-bond donors (Lipinski definition) is 0. The summed E-state index contributed by atoms with van der Waals surface area (Å²) < 4.78 is 34.2. The third-order valence-electron chi connectivity index (χ3n) is 2.73. The molecule has 0 aliphatic carbocycles. The summed E-state index contributed by atoms with van der Waals surface area (Å²) in [4.78, 5) is 33.6. The fourth-order valence-electron chi connectivity index (χ4n) is 2.00. The van der Waals surface area contributed by atoms with Gasteiger partial charge in [-0.25, -0.2) is 0 Å². The lowest BCUT2D eigenvalue weighted by Crippen LogP contribution is -2.54. The molecule has 1 aliphatic heterocycles. The molecular weight excluding hydrogens is 296 g/mol. The second-order valence-electron chi connectivity index (χ2n) is 4.64. The van der Waals surface area contributed by atoms with Crippen molar-refractivity contribution in [3.63, 3.8) is 0 Å². The number of carbonyl (C=O) groups is 3. The third-order valence-corrected chi connectivity index (χ3v) is 2.73. The van der Waals surface area contributed by atoms with E-state index in [0.29, 0.717) is 0 Å². The lowest BCUT2D eigenvalue weighted by Gasteiger charge is -2.39. The van der Waals surface area contributed by atoms with Crippen LogP contribution in [0.25, 0.3) is 0 Å². The number of ether oxygens (including phenoxy) is 5. The Hall–Kier alpha value is -1.67. The summed E-state index contributed by atoms with van der Waals surface area (Å²) in [6, 6.07) is 0. The lowest BCUT2D eigenvalue weighted by atomic mass is 10.0. The van der Waals surface area contributed by atoms with E-state index in [9.17, 15) is 14.4 Å². The Morgan fingerprint density at radius 2 is 1.77 bits per heavy atom. The Kier molecular flexibility index (Phi) is 6.60. The highest BCUT2D eigenvalue weighted by atomic mass is 16.7. The predicted molar refractivity (Wildman–Crippen MR) is 72.6 cm³/mol. The molecular formula is C14H22O8. The zero-order valence-electron chi connectivity index (χ0n) is 14.1. The van der Waals surface area contributed by atoms with Crippen molar-refractivity contribution in [2.24, 2.45) is 0 Å². The molecule has 0 aromatic heterocycles. The molecule has 1 saturated heterocycles. The summed E-state index contributed by atoms with van der Waals surface area (Å²) in [6.07, 6.45) is -5.20. The van der Waals surface area contributed by atoms with Gasteiger partial charge in [0.25, 0.3) is 0 Å². The summed E-state index contributed by atoms with van der Waals surface area (Å²) in [5.74, 6) is -1.81. The van der Waals surface area contributed by atoms with E-state index in [4.69, 9.17) is 25.1 Å². The molecule has 1 rings (SSSR count). The first-order valence-electron chi connectivity index (χ1n) is 7.51. The monoisotopic (exact) mass is 319 g/mol. The average Bonchev–Trinajstić information content (AvgIpc) is 2.43. The van der Waals surface area contributed by atoms with Gasteiger partial charge in [0.1, 0.15) is 18.8 Å². The van der Waals surface area contributed by atoms with Crippen LogP contribution in [-0.2, 0) is 38.1 Å². The van der Waals surface area contributed by atoms with Gasteiger partial charge in [0.05, 0.1) is 0 Å². The molecule has 0 aromatic carbocycles. The van der Waals surface area contributed by atoms with E-state index in [2.05, 4.69) is 0 Å². The maximum absolute atomic E-state index is 11.3. The van der Waals surface area contributed by atoms with Gasteiger partial charge in [-0.05, 0) is 6.92 Å². The van der Waals surface area contributed by atoms with Gasteiger partial charge in [-0.1, -0.05) is 0 Å². The summed E-state index contributed by atoms with van der Waals surface area (Å²) >= 11 is 0. The summed E-state index contributed by atoms with van der Waals surface area (Å²) in [5.41, 5.74) is 0. The molecule has 8 heteroatoms. The summed E-state index contributed by atoms with van der Waals surface area (Å²) in [6.45, 7) is 5.36.